The van der Waals surface area contributed by atoms with Gasteiger partial charge in [-0.25, -0.2) is 0 Å². The average Bonchev–Trinajstić information content (AvgIpc) is 3.06. The highest BCUT2D eigenvalue weighted by atomic mass is 32.2. The van der Waals surface area contributed by atoms with Crippen LogP contribution in [-0.2, 0) is 19.7 Å². The van der Waals surface area contributed by atoms with Crippen LogP contribution >= 0.6 is 24.0 Å². The quantitative estimate of drug-likeness (QED) is 0.285. The predicted octanol–water partition coefficient (Wildman–Crippen LogP) is 3.90. The molecule has 3 aromatic rings. The predicted molar refractivity (Wildman–Crippen MR) is 132 cm³/mol. The molecule has 0 spiro atoms. The monoisotopic (exact) mass is 515 g/mol. The van der Waals surface area contributed by atoms with Gasteiger partial charge in [0.2, 0.25) is 0 Å². The Morgan fingerprint density at radius 1 is 1.12 bits per heavy atom. The summed E-state index contributed by atoms with van der Waals surface area (Å²) in [5.41, 5.74) is 0.516. The summed E-state index contributed by atoms with van der Waals surface area (Å²) in [6.07, 6.45) is 1.52. The van der Waals surface area contributed by atoms with Crippen molar-refractivity contribution in [2.75, 3.05) is 13.7 Å². The van der Waals surface area contributed by atoms with Gasteiger partial charge in [-0.3, -0.25) is 14.5 Å². The molecule has 0 aliphatic carbocycles. The lowest BCUT2D eigenvalue weighted by atomic mass is 10.1. The maximum absolute atomic E-state index is 13.0. The van der Waals surface area contributed by atoms with Crippen LogP contribution in [0.2, 0.25) is 0 Å². The Labute approximate surface area is 204 Å². The first kappa shape index (κ1) is 23.7. The van der Waals surface area contributed by atoms with Crippen molar-refractivity contribution < 1.29 is 32.0 Å². The number of carbonyl (C=O) groups is 2. The Bertz CT molecular complexity index is 1460. The summed E-state index contributed by atoms with van der Waals surface area (Å²) in [5, 5.41) is 10.2. The second-order valence-electron chi connectivity index (χ2n) is 7.09. The number of carboxylic acid groups (broad SMARTS) is 1. The molecule has 3 aromatic carbocycles. The summed E-state index contributed by atoms with van der Waals surface area (Å²) in [4.78, 5) is 24.7. The van der Waals surface area contributed by atoms with Crippen LogP contribution in [-0.4, -0.2) is 48.3 Å². The van der Waals surface area contributed by atoms with E-state index in [0.717, 1.165) is 22.0 Å². The van der Waals surface area contributed by atoms with E-state index in [-0.39, 0.29) is 25.6 Å². The number of aliphatic carboxylic acids is 1. The molecule has 0 saturated carbocycles. The molecule has 174 valence electrons. The SMILES string of the molecule is COc1cc(/C=C2/SC(=S)N(CC(=O)O)C2=O)ccc1OS(=O)(=O)c1cccc2ccccc12. The van der Waals surface area contributed by atoms with E-state index < -0.39 is 28.5 Å². The molecule has 0 aromatic heterocycles. The summed E-state index contributed by atoms with van der Waals surface area (Å²) < 4.78 is 37.0. The van der Waals surface area contributed by atoms with Crippen LogP contribution in [0.3, 0.4) is 0 Å². The number of nitrogens with zero attached hydrogens (tertiary/aromatic N) is 1. The normalized spacial score (nSPS) is 15.2. The van der Waals surface area contributed by atoms with Gasteiger partial charge in [-0.05, 0) is 35.2 Å². The number of rotatable bonds is 7. The molecule has 1 fully saturated rings. The molecule has 4 rings (SSSR count). The van der Waals surface area contributed by atoms with Crippen LogP contribution in [0.15, 0.2) is 70.5 Å². The Morgan fingerprint density at radius 2 is 1.85 bits per heavy atom. The van der Waals surface area contributed by atoms with Gasteiger partial charge in [0.15, 0.2) is 11.5 Å². The number of carboxylic acids is 1. The van der Waals surface area contributed by atoms with Crippen LogP contribution in [0.1, 0.15) is 5.56 Å². The summed E-state index contributed by atoms with van der Waals surface area (Å²) in [6, 6.07) is 16.5. The molecule has 8 nitrogen and oxygen atoms in total. The average molecular weight is 516 g/mol. The summed E-state index contributed by atoms with van der Waals surface area (Å²) in [7, 11) is -2.81. The molecule has 0 radical (unpaired) electrons. The van der Waals surface area contributed by atoms with E-state index in [4.69, 9.17) is 26.2 Å². The molecular formula is C23H17NO7S3. The van der Waals surface area contributed by atoms with Crippen molar-refractivity contribution in [3.63, 3.8) is 0 Å². The van der Waals surface area contributed by atoms with E-state index in [1.807, 2.05) is 18.2 Å². The Balaban J connectivity index is 1.63. The highest BCUT2D eigenvalue weighted by molar-refractivity contribution is 8.26. The summed E-state index contributed by atoms with van der Waals surface area (Å²) >= 11 is 6.07. The zero-order chi connectivity index (χ0) is 24.5. The van der Waals surface area contributed by atoms with Gasteiger partial charge in [0.1, 0.15) is 15.8 Å². The first-order chi connectivity index (χ1) is 16.2. The molecule has 0 bridgehead atoms. The summed E-state index contributed by atoms with van der Waals surface area (Å²) in [6.45, 7) is -0.524. The van der Waals surface area contributed by atoms with Gasteiger partial charge >= 0.3 is 16.1 Å². The van der Waals surface area contributed by atoms with E-state index in [2.05, 4.69) is 0 Å². The lowest BCUT2D eigenvalue weighted by Gasteiger charge is -2.13. The first-order valence-corrected chi connectivity index (χ1v) is 12.4. The number of hydrogen-bond acceptors (Lipinski definition) is 8. The maximum atomic E-state index is 13.0. The molecule has 11 heteroatoms. The Kier molecular flexibility index (Phi) is 6.60. The van der Waals surface area contributed by atoms with Crippen molar-refractivity contribution >= 4 is 67.1 Å². The van der Waals surface area contributed by atoms with Crippen LogP contribution < -0.4 is 8.92 Å². The minimum atomic E-state index is -4.18. The van der Waals surface area contributed by atoms with E-state index in [9.17, 15) is 18.0 Å². The fourth-order valence-corrected chi connectivity index (χ4v) is 5.76. The van der Waals surface area contributed by atoms with Gasteiger partial charge in [0.25, 0.3) is 5.91 Å². The first-order valence-electron chi connectivity index (χ1n) is 9.77. The topological polar surface area (TPSA) is 110 Å². The highest BCUT2D eigenvalue weighted by Crippen LogP contribution is 2.36. The van der Waals surface area contributed by atoms with Gasteiger partial charge in [-0.15, -0.1) is 0 Å². The number of thioether (sulfide) groups is 1. The van der Waals surface area contributed by atoms with Crippen molar-refractivity contribution in [3.8, 4) is 11.5 Å². The van der Waals surface area contributed by atoms with Crippen molar-refractivity contribution in [2.45, 2.75) is 4.90 Å². The molecule has 34 heavy (non-hydrogen) atoms. The van der Waals surface area contributed by atoms with Gasteiger partial charge < -0.3 is 14.0 Å². The highest BCUT2D eigenvalue weighted by Gasteiger charge is 2.33. The van der Waals surface area contributed by atoms with Crippen molar-refractivity contribution in [3.05, 3.63) is 71.1 Å². The van der Waals surface area contributed by atoms with Crippen molar-refractivity contribution in [2.24, 2.45) is 0 Å². The van der Waals surface area contributed by atoms with Crippen LogP contribution in [0.5, 0.6) is 11.5 Å². The zero-order valence-electron chi connectivity index (χ0n) is 17.6. The van der Waals surface area contributed by atoms with Crippen LogP contribution in [0.4, 0.5) is 0 Å². The molecular weight excluding hydrogens is 498 g/mol. The largest absolute Gasteiger partial charge is 0.493 e. The molecule has 0 atom stereocenters. The standard InChI is InChI=1S/C23H17NO7S3/c1-30-18-11-14(12-19-22(27)24(13-21(25)26)23(32)33-19)9-10-17(18)31-34(28,29)20-8-4-6-15-5-2-3-7-16(15)20/h2-12H,13H2,1H3,(H,25,26)/b19-12+. The number of amides is 1. The number of fused-ring (bicyclic) bond motifs is 1. The van der Waals surface area contributed by atoms with Crippen LogP contribution in [0.25, 0.3) is 16.8 Å². The minimum absolute atomic E-state index is 0.0222. The lowest BCUT2D eigenvalue weighted by molar-refractivity contribution is -0.140. The van der Waals surface area contributed by atoms with E-state index in [1.165, 1.54) is 31.4 Å². The molecule has 1 amide bonds. The van der Waals surface area contributed by atoms with E-state index in [0.29, 0.717) is 10.9 Å². The number of hydrogen-bond donors (Lipinski definition) is 1. The van der Waals surface area contributed by atoms with Gasteiger partial charge in [-0.1, -0.05) is 66.4 Å². The van der Waals surface area contributed by atoms with Crippen molar-refractivity contribution in [1.82, 2.24) is 4.90 Å². The molecule has 1 aliphatic rings. The van der Waals surface area contributed by atoms with E-state index >= 15 is 0 Å². The Hall–Kier alpha value is -3.41. The van der Waals surface area contributed by atoms with Gasteiger partial charge in [0, 0.05) is 5.39 Å². The second-order valence-corrected chi connectivity index (χ2v) is 10.3. The minimum Gasteiger partial charge on any atom is -0.493 e. The van der Waals surface area contributed by atoms with Crippen molar-refractivity contribution in [1.29, 1.82) is 0 Å². The number of methoxy groups -OCH3 is 1. The van der Waals surface area contributed by atoms with Gasteiger partial charge in [0.05, 0.1) is 12.0 Å². The third kappa shape index (κ3) is 4.76. The molecule has 1 saturated heterocycles. The zero-order valence-corrected chi connectivity index (χ0v) is 20.1. The Morgan fingerprint density at radius 3 is 2.59 bits per heavy atom. The number of benzene rings is 3. The van der Waals surface area contributed by atoms with Crippen LogP contribution in [0, 0.1) is 0 Å². The number of carbonyl (C=O) groups excluding carboxylic acids is 1. The third-order valence-electron chi connectivity index (χ3n) is 4.87. The molecule has 0 unspecified atom stereocenters. The molecule has 1 heterocycles. The third-order valence-corrected chi connectivity index (χ3v) is 7.54. The summed E-state index contributed by atoms with van der Waals surface area (Å²) in [5.74, 6) is -1.58. The second kappa shape index (κ2) is 9.45. The number of thiocarbonyl (C=S) groups is 1. The lowest BCUT2D eigenvalue weighted by Crippen LogP contribution is -2.33. The smallest absolute Gasteiger partial charge is 0.339 e. The number of ether oxygens (including phenoxy) is 1. The molecule has 1 N–H and O–H groups in total. The fourth-order valence-electron chi connectivity index (χ4n) is 3.34. The maximum Gasteiger partial charge on any atom is 0.339 e. The molecule has 1 aliphatic heterocycles. The van der Waals surface area contributed by atoms with Gasteiger partial charge in [-0.2, -0.15) is 8.42 Å². The van der Waals surface area contributed by atoms with E-state index in [1.54, 1.807) is 24.3 Å². The fraction of sp³-hybridized carbons (Fsp3) is 0.0870.